The highest BCUT2D eigenvalue weighted by molar-refractivity contribution is 7.18. The van der Waals surface area contributed by atoms with Crippen molar-refractivity contribution in [2.75, 3.05) is 12.4 Å². The third-order valence-corrected chi connectivity index (χ3v) is 6.22. The van der Waals surface area contributed by atoms with E-state index in [0.29, 0.717) is 22.8 Å². The molecule has 7 nitrogen and oxygen atoms in total. The van der Waals surface area contributed by atoms with Crippen molar-refractivity contribution in [3.8, 4) is 0 Å². The number of anilines is 1. The number of furan rings is 1. The van der Waals surface area contributed by atoms with Gasteiger partial charge in [-0.25, -0.2) is 4.79 Å². The van der Waals surface area contributed by atoms with Gasteiger partial charge in [0.1, 0.15) is 6.04 Å². The van der Waals surface area contributed by atoms with Crippen LogP contribution in [-0.2, 0) is 22.5 Å². The zero-order valence-electron chi connectivity index (χ0n) is 16.5. The first-order valence-corrected chi connectivity index (χ1v) is 10.2. The van der Waals surface area contributed by atoms with Gasteiger partial charge in [0, 0.05) is 13.0 Å². The van der Waals surface area contributed by atoms with E-state index < -0.39 is 12.0 Å². The van der Waals surface area contributed by atoms with Crippen molar-refractivity contribution in [3.63, 3.8) is 0 Å². The first kappa shape index (κ1) is 19.9. The molecule has 0 spiro atoms. The number of nitrogens with zero attached hydrogens (tertiary/aromatic N) is 1. The number of fused-ring (bicyclic) bond motifs is 1. The maximum Gasteiger partial charge on any atom is 0.328 e. The molecule has 3 heterocycles. The van der Waals surface area contributed by atoms with Crippen molar-refractivity contribution in [2.45, 2.75) is 25.9 Å². The molecule has 154 valence electrons. The third kappa shape index (κ3) is 3.73. The van der Waals surface area contributed by atoms with Gasteiger partial charge in [0.25, 0.3) is 11.8 Å². The fraction of sp³-hybridized carbons (Fsp3) is 0.227. The van der Waals surface area contributed by atoms with Gasteiger partial charge in [0.15, 0.2) is 5.76 Å². The summed E-state index contributed by atoms with van der Waals surface area (Å²) in [6, 6.07) is 12.0. The van der Waals surface area contributed by atoms with Crippen molar-refractivity contribution < 1.29 is 23.5 Å². The summed E-state index contributed by atoms with van der Waals surface area (Å²) in [6.07, 6.45) is 1.83. The van der Waals surface area contributed by atoms with Gasteiger partial charge in [-0.05, 0) is 41.8 Å². The van der Waals surface area contributed by atoms with Gasteiger partial charge in [0.05, 0.1) is 23.3 Å². The average molecular weight is 424 g/mol. The van der Waals surface area contributed by atoms with E-state index in [1.165, 1.54) is 24.7 Å². The van der Waals surface area contributed by atoms with Gasteiger partial charge >= 0.3 is 5.97 Å². The summed E-state index contributed by atoms with van der Waals surface area (Å²) in [5.41, 5.74) is 2.76. The fourth-order valence-corrected chi connectivity index (χ4v) is 4.57. The van der Waals surface area contributed by atoms with E-state index >= 15 is 0 Å². The number of carbonyl (C=O) groups is 3. The Balaban J connectivity index is 1.60. The van der Waals surface area contributed by atoms with Gasteiger partial charge in [-0.3, -0.25) is 9.59 Å². The highest BCUT2D eigenvalue weighted by Crippen LogP contribution is 2.32. The molecule has 1 aromatic carbocycles. The topological polar surface area (TPSA) is 88.9 Å². The molecule has 0 fully saturated rings. The minimum atomic E-state index is -0.694. The van der Waals surface area contributed by atoms with Crippen LogP contribution in [0.15, 0.2) is 53.1 Å². The maximum atomic E-state index is 13.4. The summed E-state index contributed by atoms with van der Waals surface area (Å²) in [5.74, 6) is -0.911. The number of carbonyl (C=O) groups excluding carboxylic acids is 3. The number of hydrogen-bond donors (Lipinski definition) is 1. The van der Waals surface area contributed by atoms with Gasteiger partial charge in [-0.1, -0.05) is 24.3 Å². The van der Waals surface area contributed by atoms with Crippen LogP contribution in [0.1, 0.15) is 36.9 Å². The molecule has 0 saturated carbocycles. The molecular formula is C22H20N2O5S. The van der Waals surface area contributed by atoms with E-state index in [0.717, 1.165) is 16.7 Å². The third-order valence-electron chi connectivity index (χ3n) is 5.08. The van der Waals surface area contributed by atoms with Gasteiger partial charge in [-0.2, -0.15) is 0 Å². The number of aryl methyl sites for hydroxylation is 1. The quantitative estimate of drug-likeness (QED) is 0.646. The molecule has 1 aliphatic rings. The van der Waals surface area contributed by atoms with E-state index in [2.05, 4.69) is 5.32 Å². The molecule has 1 unspecified atom stereocenters. The molecule has 0 aliphatic carbocycles. The Morgan fingerprint density at radius 1 is 1.17 bits per heavy atom. The molecule has 0 radical (unpaired) electrons. The molecule has 2 aromatic heterocycles. The zero-order chi connectivity index (χ0) is 21.3. The highest BCUT2D eigenvalue weighted by Gasteiger charge is 2.36. The minimum absolute atomic E-state index is 0.187. The molecule has 0 bridgehead atoms. The summed E-state index contributed by atoms with van der Waals surface area (Å²) in [5, 5.41) is 3.28. The zero-order valence-corrected chi connectivity index (χ0v) is 17.3. The molecule has 1 atom stereocenters. The molecule has 30 heavy (non-hydrogen) atoms. The van der Waals surface area contributed by atoms with E-state index in [4.69, 9.17) is 9.15 Å². The second kappa shape index (κ2) is 8.16. The lowest BCUT2D eigenvalue weighted by atomic mass is 9.93. The maximum absolute atomic E-state index is 13.4. The van der Waals surface area contributed by atoms with E-state index in [1.54, 1.807) is 30.0 Å². The van der Waals surface area contributed by atoms with E-state index in [9.17, 15) is 14.4 Å². The summed E-state index contributed by atoms with van der Waals surface area (Å²) in [4.78, 5) is 40.0. The fourth-order valence-electron chi connectivity index (χ4n) is 3.55. The molecule has 1 aliphatic heterocycles. The average Bonchev–Trinajstić information content (AvgIpc) is 3.41. The Labute approximate surface area is 177 Å². The SMILES string of the molecule is COC(=O)C1Cc2ccccc2CN1C(=O)c1sc(NC(=O)c2ccco2)cc1C. The second-order valence-corrected chi connectivity index (χ2v) is 8.05. The monoisotopic (exact) mass is 424 g/mol. The number of ether oxygens (including phenoxy) is 1. The first-order valence-electron chi connectivity index (χ1n) is 9.38. The van der Waals surface area contributed by atoms with Crippen LogP contribution in [-0.4, -0.2) is 35.8 Å². The van der Waals surface area contributed by atoms with Crippen LogP contribution in [0.3, 0.4) is 0 Å². The lowest BCUT2D eigenvalue weighted by Crippen LogP contribution is -2.49. The number of rotatable bonds is 4. The second-order valence-electron chi connectivity index (χ2n) is 7.00. The Hall–Kier alpha value is -3.39. The van der Waals surface area contributed by atoms with Crippen molar-refractivity contribution in [3.05, 3.63) is 76.1 Å². The lowest BCUT2D eigenvalue weighted by molar-refractivity contribution is -0.146. The smallest absolute Gasteiger partial charge is 0.328 e. The predicted octanol–water partition coefficient (Wildman–Crippen LogP) is 3.64. The number of esters is 1. The standard InChI is InChI=1S/C22H20N2O5S/c1-13-10-18(23-20(25)17-8-5-9-29-17)30-19(13)21(26)24-12-15-7-4-3-6-14(15)11-16(24)22(27)28-2/h3-10,16H,11-12H2,1-2H3,(H,23,25). The summed E-state index contributed by atoms with van der Waals surface area (Å²) in [6.45, 7) is 2.12. The van der Waals surface area contributed by atoms with Crippen LogP contribution in [0.5, 0.6) is 0 Å². The van der Waals surface area contributed by atoms with Gasteiger partial charge < -0.3 is 19.4 Å². The van der Waals surface area contributed by atoms with Gasteiger partial charge in [0.2, 0.25) is 0 Å². The predicted molar refractivity (Wildman–Crippen MR) is 112 cm³/mol. The number of benzene rings is 1. The first-order chi connectivity index (χ1) is 14.5. The number of hydrogen-bond acceptors (Lipinski definition) is 6. The van der Waals surface area contributed by atoms with Crippen molar-refractivity contribution in [1.29, 1.82) is 0 Å². The molecule has 0 saturated heterocycles. The highest BCUT2D eigenvalue weighted by atomic mass is 32.1. The number of amides is 2. The van der Waals surface area contributed by atoms with Crippen LogP contribution >= 0.6 is 11.3 Å². The van der Waals surface area contributed by atoms with E-state index in [-0.39, 0.29) is 17.6 Å². The van der Waals surface area contributed by atoms with Crippen molar-refractivity contribution >= 4 is 34.1 Å². The van der Waals surface area contributed by atoms with Crippen LogP contribution in [0.2, 0.25) is 0 Å². The van der Waals surface area contributed by atoms with Crippen LogP contribution in [0.4, 0.5) is 5.00 Å². The molecule has 3 aromatic rings. The van der Waals surface area contributed by atoms with Crippen molar-refractivity contribution in [2.24, 2.45) is 0 Å². The van der Waals surface area contributed by atoms with Crippen LogP contribution < -0.4 is 5.32 Å². The number of methoxy groups -OCH3 is 1. The number of thiophene rings is 1. The molecule has 4 rings (SSSR count). The Morgan fingerprint density at radius 2 is 1.93 bits per heavy atom. The summed E-state index contributed by atoms with van der Waals surface area (Å²) < 4.78 is 10.1. The Bertz CT molecular complexity index is 1100. The van der Waals surface area contributed by atoms with E-state index in [1.807, 2.05) is 24.3 Å². The largest absolute Gasteiger partial charge is 0.467 e. The van der Waals surface area contributed by atoms with Crippen LogP contribution in [0, 0.1) is 6.92 Å². The Kier molecular flexibility index (Phi) is 5.41. The number of nitrogens with one attached hydrogen (secondary N) is 1. The van der Waals surface area contributed by atoms with Gasteiger partial charge in [-0.15, -0.1) is 11.3 Å². The summed E-state index contributed by atoms with van der Waals surface area (Å²) >= 11 is 1.17. The lowest BCUT2D eigenvalue weighted by Gasteiger charge is -2.35. The van der Waals surface area contributed by atoms with Crippen molar-refractivity contribution in [1.82, 2.24) is 4.90 Å². The normalized spacial score (nSPS) is 15.4. The molecule has 8 heteroatoms. The Morgan fingerprint density at radius 3 is 2.63 bits per heavy atom. The molecule has 2 amide bonds. The molecule has 1 N–H and O–H groups in total. The summed E-state index contributed by atoms with van der Waals surface area (Å²) in [7, 11) is 1.32. The minimum Gasteiger partial charge on any atom is -0.467 e. The van der Waals surface area contributed by atoms with Crippen LogP contribution in [0.25, 0.3) is 0 Å². The molecular weight excluding hydrogens is 404 g/mol.